The maximum atomic E-state index is 11.6. The van der Waals surface area contributed by atoms with Crippen molar-refractivity contribution in [3.63, 3.8) is 0 Å². The van der Waals surface area contributed by atoms with E-state index in [1.54, 1.807) is 0 Å². The molecule has 82 valence electrons. The van der Waals surface area contributed by atoms with E-state index in [1.165, 1.54) is 4.90 Å². The highest BCUT2D eigenvalue weighted by molar-refractivity contribution is 5.82. The molecule has 0 saturated carbocycles. The third-order valence-corrected chi connectivity index (χ3v) is 2.49. The SMILES string of the molecule is CCC[C@@H](N)C(=O)N1CC(O)C(O)C1. The number of β-amino-alcohol motifs (C(OH)–C–C–N with tert-alkyl or cyclic N) is 2. The number of carbonyl (C=O) groups is 1. The zero-order valence-electron chi connectivity index (χ0n) is 8.39. The van der Waals surface area contributed by atoms with Crippen molar-refractivity contribution in [1.82, 2.24) is 4.90 Å². The van der Waals surface area contributed by atoms with Gasteiger partial charge in [0, 0.05) is 13.1 Å². The predicted molar refractivity (Wildman–Crippen MR) is 51.5 cm³/mol. The summed E-state index contributed by atoms with van der Waals surface area (Å²) in [6, 6.07) is -0.502. The number of likely N-dealkylation sites (tertiary alicyclic amines) is 1. The van der Waals surface area contributed by atoms with Gasteiger partial charge < -0.3 is 20.8 Å². The van der Waals surface area contributed by atoms with Crippen LogP contribution in [0.4, 0.5) is 0 Å². The normalized spacial score (nSPS) is 29.3. The van der Waals surface area contributed by atoms with Crippen LogP contribution in [0, 0.1) is 0 Å². The molecule has 1 heterocycles. The molecule has 0 aromatic rings. The van der Waals surface area contributed by atoms with E-state index in [0.717, 1.165) is 6.42 Å². The third kappa shape index (κ3) is 2.43. The molecule has 4 N–H and O–H groups in total. The fourth-order valence-corrected chi connectivity index (χ4v) is 1.62. The molecule has 3 atom stereocenters. The van der Waals surface area contributed by atoms with E-state index in [-0.39, 0.29) is 19.0 Å². The second-order valence-corrected chi connectivity index (χ2v) is 3.77. The topological polar surface area (TPSA) is 86.8 Å². The first kappa shape index (κ1) is 11.4. The van der Waals surface area contributed by atoms with E-state index >= 15 is 0 Å². The number of nitrogens with two attached hydrogens (primary N) is 1. The number of amides is 1. The van der Waals surface area contributed by atoms with Gasteiger partial charge in [0.25, 0.3) is 0 Å². The standard InChI is InChI=1S/C9H18N2O3/c1-2-3-6(10)9(14)11-4-7(12)8(13)5-11/h6-8,12-13H,2-5,10H2,1H3/t6-,7?,8?/m1/s1. The van der Waals surface area contributed by atoms with E-state index in [2.05, 4.69) is 0 Å². The first-order valence-electron chi connectivity index (χ1n) is 4.96. The highest BCUT2D eigenvalue weighted by Crippen LogP contribution is 2.11. The monoisotopic (exact) mass is 202 g/mol. The Labute approximate surface area is 83.5 Å². The zero-order chi connectivity index (χ0) is 10.7. The number of carbonyl (C=O) groups excluding carboxylic acids is 1. The van der Waals surface area contributed by atoms with Gasteiger partial charge in [-0.25, -0.2) is 0 Å². The first-order valence-corrected chi connectivity index (χ1v) is 4.96. The first-order chi connectivity index (χ1) is 6.56. The van der Waals surface area contributed by atoms with Crippen molar-refractivity contribution >= 4 is 5.91 Å². The van der Waals surface area contributed by atoms with Crippen molar-refractivity contribution in [2.45, 2.75) is 38.0 Å². The number of aliphatic hydroxyl groups is 2. The van der Waals surface area contributed by atoms with Crippen molar-refractivity contribution in [1.29, 1.82) is 0 Å². The van der Waals surface area contributed by atoms with Gasteiger partial charge in [-0.2, -0.15) is 0 Å². The molecule has 0 bridgehead atoms. The fourth-order valence-electron chi connectivity index (χ4n) is 1.62. The van der Waals surface area contributed by atoms with Crippen LogP contribution < -0.4 is 5.73 Å². The minimum atomic E-state index is -0.826. The van der Waals surface area contributed by atoms with Gasteiger partial charge in [-0.05, 0) is 6.42 Å². The number of nitrogens with zero attached hydrogens (tertiary/aromatic N) is 1. The van der Waals surface area contributed by atoms with Gasteiger partial charge >= 0.3 is 0 Å². The molecule has 0 spiro atoms. The van der Waals surface area contributed by atoms with Gasteiger partial charge in [-0.15, -0.1) is 0 Å². The molecule has 1 fully saturated rings. The van der Waals surface area contributed by atoms with E-state index in [4.69, 9.17) is 5.73 Å². The van der Waals surface area contributed by atoms with Gasteiger partial charge in [-0.3, -0.25) is 4.79 Å². The summed E-state index contributed by atoms with van der Waals surface area (Å²) in [5, 5.41) is 18.5. The highest BCUT2D eigenvalue weighted by atomic mass is 16.3. The second-order valence-electron chi connectivity index (χ2n) is 3.77. The number of hydrogen-bond donors (Lipinski definition) is 3. The Bertz CT molecular complexity index is 200. The minimum absolute atomic E-state index is 0.178. The Hall–Kier alpha value is -0.650. The van der Waals surface area contributed by atoms with Gasteiger partial charge in [-0.1, -0.05) is 13.3 Å². The summed E-state index contributed by atoms with van der Waals surface area (Å²) in [4.78, 5) is 13.0. The molecule has 14 heavy (non-hydrogen) atoms. The Morgan fingerprint density at radius 3 is 2.43 bits per heavy atom. The van der Waals surface area contributed by atoms with Crippen LogP contribution in [-0.4, -0.2) is 52.4 Å². The van der Waals surface area contributed by atoms with E-state index < -0.39 is 18.2 Å². The Balaban J connectivity index is 2.46. The predicted octanol–water partition coefficient (Wildman–Crippen LogP) is -1.32. The van der Waals surface area contributed by atoms with E-state index in [1.807, 2.05) is 6.92 Å². The zero-order valence-corrected chi connectivity index (χ0v) is 8.39. The largest absolute Gasteiger partial charge is 0.388 e. The summed E-state index contributed by atoms with van der Waals surface area (Å²) < 4.78 is 0. The van der Waals surface area contributed by atoms with Crippen LogP contribution in [0.3, 0.4) is 0 Å². The molecule has 0 aliphatic carbocycles. The fraction of sp³-hybridized carbons (Fsp3) is 0.889. The summed E-state index contributed by atoms with van der Waals surface area (Å²) in [5.74, 6) is -0.178. The number of hydrogen-bond acceptors (Lipinski definition) is 4. The Kier molecular flexibility index (Phi) is 3.86. The molecule has 5 heteroatoms. The molecular formula is C9H18N2O3. The molecule has 0 aromatic carbocycles. The van der Waals surface area contributed by atoms with Crippen molar-refractivity contribution in [2.75, 3.05) is 13.1 Å². The molecule has 2 unspecified atom stereocenters. The second kappa shape index (κ2) is 4.72. The quantitative estimate of drug-likeness (QED) is 0.529. The molecule has 1 rings (SSSR count). The Morgan fingerprint density at radius 2 is 2.00 bits per heavy atom. The van der Waals surface area contributed by atoms with Crippen LogP contribution in [0.5, 0.6) is 0 Å². The Morgan fingerprint density at radius 1 is 1.50 bits per heavy atom. The summed E-state index contributed by atoms with van der Waals surface area (Å²) in [6.45, 7) is 2.34. The average Bonchev–Trinajstić information content (AvgIpc) is 2.46. The summed E-state index contributed by atoms with van der Waals surface area (Å²) >= 11 is 0. The van der Waals surface area contributed by atoms with Gasteiger partial charge in [0.15, 0.2) is 0 Å². The van der Waals surface area contributed by atoms with Crippen LogP contribution >= 0.6 is 0 Å². The molecule has 1 aliphatic rings. The summed E-state index contributed by atoms with van der Waals surface area (Å²) in [6.07, 6.45) is -0.159. The maximum Gasteiger partial charge on any atom is 0.239 e. The molecule has 1 saturated heterocycles. The van der Waals surface area contributed by atoms with Crippen LogP contribution in [0.15, 0.2) is 0 Å². The van der Waals surface area contributed by atoms with E-state index in [0.29, 0.717) is 6.42 Å². The maximum absolute atomic E-state index is 11.6. The lowest BCUT2D eigenvalue weighted by Crippen LogP contribution is -2.43. The third-order valence-electron chi connectivity index (χ3n) is 2.49. The van der Waals surface area contributed by atoms with Crippen molar-refractivity contribution in [3.8, 4) is 0 Å². The molecule has 1 aliphatic heterocycles. The van der Waals surface area contributed by atoms with Crippen molar-refractivity contribution in [2.24, 2.45) is 5.73 Å². The van der Waals surface area contributed by atoms with Crippen LogP contribution in [0.2, 0.25) is 0 Å². The molecule has 1 amide bonds. The van der Waals surface area contributed by atoms with Crippen molar-refractivity contribution < 1.29 is 15.0 Å². The number of rotatable bonds is 3. The summed E-state index contributed by atoms with van der Waals surface area (Å²) in [7, 11) is 0. The lowest BCUT2D eigenvalue weighted by molar-refractivity contribution is -0.132. The lowest BCUT2D eigenvalue weighted by atomic mass is 10.1. The summed E-state index contributed by atoms with van der Waals surface area (Å²) in [5.41, 5.74) is 5.64. The smallest absolute Gasteiger partial charge is 0.239 e. The van der Waals surface area contributed by atoms with E-state index in [9.17, 15) is 15.0 Å². The van der Waals surface area contributed by atoms with Gasteiger partial charge in [0.1, 0.15) is 0 Å². The van der Waals surface area contributed by atoms with Crippen molar-refractivity contribution in [3.05, 3.63) is 0 Å². The highest BCUT2D eigenvalue weighted by Gasteiger charge is 2.34. The lowest BCUT2D eigenvalue weighted by Gasteiger charge is -2.19. The molecule has 5 nitrogen and oxygen atoms in total. The average molecular weight is 202 g/mol. The van der Waals surface area contributed by atoms with Gasteiger partial charge in [0.2, 0.25) is 5.91 Å². The van der Waals surface area contributed by atoms with Crippen LogP contribution in [0.25, 0.3) is 0 Å². The molecule has 0 aromatic heterocycles. The van der Waals surface area contributed by atoms with Gasteiger partial charge in [0.05, 0.1) is 18.2 Å². The number of aliphatic hydroxyl groups excluding tert-OH is 2. The molecular weight excluding hydrogens is 184 g/mol. The minimum Gasteiger partial charge on any atom is -0.388 e. The van der Waals surface area contributed by atoms with Crippen LogP contribution in [0.1, 0.15) is 19.8 Å². The van der Waals surface area contributed by atoms with Crippen LogP contribution in [-0.2, 0) is 4.79 Å². The molecule has 0 radical (unpaired) electrons.